The Labute approximate surface area is 196 Å². The monoisotopic (exact) mass is 456 g/mol. The van der Waals surface area contributed by atoms with Gasteiger partial charge in [-0.25, -0.2) is 9.78 Å². The Hall–Kier alpha value is -4.66. The first kappa shape index (κ1) is 22.5. The summed E-state index contributed by atoms with van der Waals surface area (Å²) in [5.74, 6) is -0.565. The zero-order chi connectivity index (χ0) is 24.1. The van der Waals surface area contributed by atoms with Crippen molar-refractivity contribution in [2.75, 3.05) is 17.7 Å². The van der Waals surface area contributed by atoms with Crippen molar-refractivity contribution in [3.05, 3.63) is 95.4 Å². The van der Waals surface area contributed by atoms with Gasteiger partial charge in [-0.15, -0.1) is 0 Å². The second-order valence-corrected chi connectivity index (χ2v) is 7.64. The molecule has 4 aromatic rings. The summed E-state index contributed by atoms with van der Waals surface area (Å²) in [7, 11) is 1.55. The number of urea groups is 1. The van der Waals surface area contributed by atoms with Crippen molar-refractivity contribution in [2.24, 2.45) is 0 Å². The van der Waals surface area contributed by atoms with Gasteiger partial charge in [-0.2, -0.15) is 0 Å². The smallest absolute Gasteiger partial charge is 0.319 e. The van der Waals surface area contributed by atoms with Crippen LogP contribution in [-0.2, 0) is 6.54 Å². The van der Waals surface area contributed by atoms with Crippen LogP contribution < -0.4 is 21.3 Å². The van der Waals surface area contributed by atoms with Crippen molar-refractivity contribution < 1.29 is 14.4 Å². The highest BCUT2D eigenvalue weighted by molar-refractivity contribution is 6.04. The maximum atomic E-state index is 13.0. The van der Waals surface area contributed by atoms with Gasteiger partial charge in [-0.05, 0) is 48.4 Å². The van der Waals surface area contributed by atoms with Crippen molar-refractivity contribution in [2.45, 2.75) is 13.5 Å². The standard InChI is InChI=1S/C25H24N6O3/c1-16-8-9-17(14-28-25(34)29-19-6-4-3-5-7-19)12-20(16)30-24(33)21-15-27-22-13-18(23(32)26-2)10-11-31(21)22/h3-13,15H,14H2,1-2H3,(H,26,32)(H,30,33)(H2,28,29,34). The molecule has 0 fully saturated rings. The number of fused-ring (bicyclic) bond motifs is 1. The van der Waals surface area contributed by atoms with E-state index in [1.165, 1.54) is 6.20 Å². The molecule has 0 atom stereocenters. The number of carbonyl (C=O) groups excluding carboxylic acids is 3. The Balaban J connectivity index is 1.44. The Kier molecular flexibility index (Phi) is 6.54. The van der Waals surface area contributed by atoms with E-state index in [-0.39, 0.29) is 17.8 Å². The maximum absolute atomic E-state index is 13.0. The summed E-state index contributed by atoms with van der Waals surface area (Å²) in [6.07, 6.45) is 3.10. The molecule has 0 spiro atoms. The van der Waals surface area contributed by atoms with Gasteiger partial charge in [-0.1, -0.05) is 30.3 Å². The molecule has 2 aromatic heterocycles. The van der Waals surface area contributed by atoms with Crippen molar-refractivity contribution >= 4 is 34.9 Å². The second-order valence-electron chi connectivity index (χ2n) is 7.64. The van der Waals surface area contributed by atoms with Gasteiger partial charge >= 0.3 is 6.03 Å². The van der Waals surface area contributed by atoms with Gasteiger partial charge in [-0.3, -0.25) is 14.0 Å². The molecule has 2 heterocycles. The highest BCUT2D eigenvalue weighted by Gasteiger charge is 2.15. The topological polar surface area (TPSA) is 117 Å². The Bertz CT molecular complexity index is 1360. The first-order valence-corrected chi connectivity index (χ1v) is 10.6. The number of amides is 4. The van der Waals surface area contributed by atoms with E-state index >= 15 is 0 Å². The number of nitrogens with one attached hydrogen (secondary N) is 4. The zero-order valence-electron chi connectivity index (χ0n) is 18.8. The molecule has 4 amide bonds. The summed E-state index contributed by atoms with van der Waals surface area (Å²) in [4.78, 5) is 41.2. The van der Waals surface area contributed by atoms with Gasteiger partial charge in [0.25, 0.3) is 11.8 Å². The molecule has 0 aliphatic carbocycles. The molecule has 34 heavy (non-hydrogen) atoms. The fourth-order valence-electron chi connectivity index (χ4n) is 3.41. The summed E-state index contributed by atoms with van der Waals surface area (Å²) in [5.41, 5.74) is 4.32. The van der Waals surface area contributed by atoms with Crippen LogP contribution >= 0.6 is 0 Å². The zero-order valence-corrected chi connectivity index (χ0v) is 18.8. The second kappa shape index (κ2) is 9.86. The molecule has 4 N–H and O–H groups in total. The highest BCUT2D eigenvalue weighted by Crippen LogP contribution is 2.19. The average molecular weight is 457 g/mol. The number of nitrogens with zero attached hydrogens (tertiary/aromatic N) is 2. The number of aromatic nitrogens is 2. The van der Waals surface area contributed by atoms with E-state index < -0.39 is 0 Å². The lowest BCUT2D eigenvalue weighted by molar-refractivity contribution is 0.0962. The van der Waals surface area contributed by atoms with Crippen molar-refractivity contribution in [1.29, 1.82) is 0 Å². The van der Waals surface area contributed by atoms with Crippen molar-refractivity contribution in [1.82, 2.24) is 20.0 Å². The number of anilines is 2. The maximum Gasteiger partial charge on any atom is 0.319 e. The molecule has 0 saturated heterocycles. The lowest BCUT2D eigenvalue weighted by Gasteiger charge is -2.12. The Morgan fingerprint density at radius 3 is 2.50 bits per heavy atom. The molecule has 172 valence electrons. The number of pyridine rings is 1. The van der Waals surface area contributed by atoms with E-state index in [1.54, 1.807) is 41.9 Å². The van der Waals surface area contributed by atoms with Gasteiger partial charge in [0.15, 0.2) is 0 Å². The number of rotatable bonds is 6. The first-order chi connectivity index (χ1) is 16.4. The molecular weight excluding hydrogens is 432 g/mol. The molecule has 0 unspecified atom stereocenters. The number of benzene rings is 2. The van der Waals surface area contributed by atoms with Gasteiger partial charge in [0.05, 0.1) is 6.20 Å². The molecule has 0 aliphatic heterocycles. The fourth-order valence-corrected chi connectivity index (χ4v) is 3.41. The molecule has 4 rings (SSSR count). The summed E-state index contributed by atoms with van der Waals surface area (Å²) < 4.78 is 1.62. The van der Waals surface area contributed by atoms with E-state index in [1.807, 2.05) is 43.3 Å². The largest absolute Gasteiger partial charge is 0.355 e. The quantitative estimate of drug-likeness (QED) is 0.355. The summed E-state index contributed by atoms with van der Waals surface area (Å²) in [6, 6.07) is 17.7. The number of hydrogen-bond donors (Lipinski definition) is 4. The minimum Gasteiger partial charge on any atom is -0.355 e. The number of hydrogen-bond acceptors (Lipinski definition) is 4. The van der Waals surface area contributed by atoms with Crippen LogP contribution in [0.4, 0.5) is 16.2 Å². The predicted octanol–water partition coefficient (Wildman–Crippen LogP) is 3.58. The first-order valence-electron chi connectivity index (χ1n) is 10.6. The Morgan fingerprint density at radius 2 is 1.74 bits per heavy atom. The van der Waals surface area contributed by atoms with Gasteiger partial charge < -0.3 is 21.3 Å². The molecule has 9 heteroatoms. The fraction of sp³-hybridized carbons (Fsp3) is 0.120. The molecular formula is C25H24N6O3. The average Bonchev–Trinajstić information content (AvgIpc) is 3.28. The SMILES string of the molecule is CNC(=O)c1ccn2c(C(=O)Nc3cc(CNC(=O)Nc4ccccc4)ccc3C)cnc2c1. The number of carbonyl (C=O) groups is 3. The number of aryl methyl sites for hydroxylation is 1. The van der Waals surface area contributed by atoms with Crippen LogP contribution in [0.15, 0.2) is 73.1 Å². The summed E-state index contributed by atoms with van der Waals surface area (Å²) in [6.45, 7) is 2.18. The van der Waals surface area contributed by atoms with Crippen LogP contribution in [0.5, 0.6) is 0 Å². The molecule has 0 saturated carbocycles. The van der Waals surface area contributed by atoms with Crippen LogP contribution in [0, 0.1) is 6.92 Å². The lowest BCUT2D eigenvalue weighted by Crippen LogP contribution is -2.28. The van der Waals surface area contributed by atoms with Gasteiger partial charge in [0.1, 0.15) is 11.3 Å². The van der Waals surface area contributed by atoms with Crippen molar-refractivity contribution in [3.8, 4) is 0 Å². The van der Waals surface area contributed by atoms with E-state index in [2.05, 4.69) is 26.3 Å². The number of imidazole rings is 1. The third-order valence-corrected chi connectivity index (χ3v) is 5.27. The number of para-hydroxylation sites is 1. The van der Waals surface area contributed by atoms with E-state index in [9.17, 15) is 14.4 Å². The van der Waals surface area contributed by atoms with Gasteiger partial charge in [0, 0.05) is 36.7 Å². The van der Waals surface area contributed by atoms with Crippen molar-refractivity contribution in [3.63, 3.8) is 0 Å². The molecule has 0 radical (unpaired) electrons. The summed E-state index contributed by atoms with van der Waals surface area (Å²) >= 11 is 0. The normalized spacial score (nSPS) is 10.5. The predicted molar refractivity (Wildman–Crippen MR) is 130 cm³/mol. The van der Waals surface area contributed by atoms with E-state index in [0.717, 1.165) is 11.1 Å². The minimum absolute atomic E-state index is 0.227. The van der Waals surface area contributed by atoms with Crippen LogP contribution in [0.2, 0.25) is 0 Å². The molecule has 2 aromatic carbocycles. The van der Waals surface area contributed by atoms with Gasteiger partial charge in [0.2, 0.25) is 0 Å². The van der Waals surface area contributed by atoms with Crippen LogP contribution in [0.1, 0.15) is 32.0 Å². The van der Waals surface area contributed by atoms with Crippen LogP contribution in [-0.4, -0.2) is 34.3 Å². The minimum atomic E-state index is -0.338. The van der Waals surface area contributed by atoms with Crippen LogP contribution in [0.3, 0.4) is 0 Å². The summed E-state index contributed by atoms with van der Waals surface area (Å²) in [5, 5.41) is 11.1. The third kappa shape index (κ3) is 5.04. The third-order valence-electron chi connectivity index (χ3n) is 5.27. The lowest BCUT2D eigenvalue weighted by atomic mass is 10.1. The highest BCUT2D eigenvalue weighted by atomic mass is 16.2. The molecule has 9 nitrogen and oxygen atoms in total. The van der Waals surface area contributed by atoms with Crippen LogP contribution in [0.25, 0.3) is 5.65 Å². The molecule has 0 bridgehead atoms. The van der Waals surface area contributed by atoms with E-state index in [4.69, 9.17) is 0 Å². The molecule has 0 aliphatic rings. The Morgan fingerprint density at radius 1 is 0.941 bits per heavy atom. The van der Waals surface area contributed by atoms with E-state index in [0.29, 0.717) is 34.8 Å².